The van der Waals surface area contributed by atoms with Crippen molar-refractivity contribution < 1.29 is 22.7 Å². The smallest absolute Gasteiger partial charge is 0.282 e. The molecule has 0 radical (unpaired) electrons. The van der Waals surface area contributed by atoms with Crippen LogP contribution in [0.2, 0.25) is 5.02 Å². The van der Waals surface area contributed by atoms with Crippen molar-refractivity contribution in [3.8, 4) is 5.75 Å². The van der Waals surface area contributed by atoms with Crippen LogP contribution >= 0.6 is 11.6 Å². The van der Waals surface area contributed by atoms with Crippen LogP contribution < -0.4 is 10.1 Å². The van der Waals surface area contributed by atoms with E-state index < -0.39 is 16.3 Å². The molecule has 0 aromatic heterocycles. The van der Waals surface area contributed by atoms with Gasteiger partial charge in [0, 0.05) is 44.3 Å². The Morgan fingerprint density at radius 2 is 1.77 bits per heavy atom. The maximum Gasteiger partial charge on any atom is 0.282 e. The molecule has 11 heteroatoms. The van der Waals surface area contributed by atoms with Gasteiger partial charge in [-0.15, -0.1) is 0 Å². The molecule has 2 saturated heterocycles. The predicted octanol–water partition coefficient (Wildman–Crippen LogP) is 1.65. The maximum atomic E-state index is 13.1. The summed E-state index contributed by atoms with van der Waals surface area (Å²) < 4.78 is 40.0. The zero-order valence-corrected chi connectivity index (χ0v) is 19.9. The molecular formula is C20H31ClN4O5S. The van der Waals surface area contributed by atoms with Crippen LogP contribution in [0.1, 0.15) is 20.8 Å². The highest BCUT2D eigenvalue weighted by Crippen LogP contribution is 2.28. The van der Waals surface area contributed by atoms with Crippen molar-refractivity contribution in [2.45, 2.75) is 39.0 Å². The topological polar surface area (TPSA) is 91.4 Å². The van der Waals surface area contributed by atoms with Gasteiger partial charge < -0.3 is 14.8 Å². The summed E-state index contributed by atoms with van der Waals surface area (Å²) in [4.78, 5) is 14.8. The fourth-order valence-electron chi connectivity index (χ4n) is 3.98. The molecule has 2 heterocycles. The SMILES string of the molecule is COc1ccc(Cl)cc1NC(=O)[C@H](C)N1CCN(S(=O)(=O)N2C[C@@H](C)O[C@@H](C)C2)CC1. The average molecular weight is 475 g/mol. The van der Waals surface area contributed by atoms with Crippen LogP contribution in [0.5, 0.6) is 5.75 Å². The first kappa shape index (κ1) is 24.2. The first-order chi connectivity index (χ1) is 14.6. The number of methoxy groups -OCH3 is 1. The van der Waals surface area contributed by atoms with Gasteiger partial charge in [-0.05, 0) is 39.0 Å². The molecule has 31 heavy (non-hydrogen) atoms. The highest BCUT2D eigenvalue weighted by atomic mass is 35.5. The van der Waals surface area contributed by atoms with Crippen molar-refractivity contribution in [3.05, 3.63) is 23.2 Å². The number of rotatable bonds is 6. The Hall–Kier alpha value is -1.43. The molecule has 2 aliphatic rings. The molecule has 1 aromatic rings. The summed E-state index contributed by atoms with van der Waals surface area (Å²) in [5.74, 6) is 0.322. The number of nitrogens with zero attached hydrogens (tertiary/aromatic N) is 3. The van der Waals surface area contributed by atoms with Crippen molar-refractivity contribution in [2.24, 2.45) is 0 Å². The third-order valence-electron chi connectivity index (χ3n) is 5.66. The second-order valence-electron chi connectivity index (χ2n) is 8.03. The summed E-state index contributed by atoms with van der Waals surface area (Å²) in [6, 6.07) is 4.59. The Labute approximate surface area is 189 Å². The van der Waals surface area contributed by atoms with Gasteiger partial charge in [-0.25, -0.2) is 0 Å². The van der Waals surface area contributed by atoms with E-state index in [9.17, 15) is 13.2 Å². The largest absolute Gasteiger partial charge is 0.495 e. The van der Waals surface area contributed by atoms with Crippen LogP contribution in [0.4, 0.5) is 5.69 Å². The lowest BCUT2D eigenvalue weighted by molar-refractivity contribution is -0.121. The minimum Gasteiger partial charge on any atom is -0.495 e. The van der Waals surface area contributed by atoms with Gasteiger partial charge in [-0.3, -0.25) is 9.69 Å². The van der Waals surface area contributed by atoms with Crippen molar-refractivity contribution >= 4 is 33.4 Å². The number of ether oxygens (including phenoxy) is 2. The highest BCUT2D eigenvalue weighted by molar-refractivity contribution is 7.86. The molecule has 0 bridgehead atoms. The summed E-state index contributed by atoms with van der Waals surface area (Å²) in [5.41, 5.74) is 0.503. The fourth-order valence-corrected chi connectivity index (χ4v) is 5.90. The molecule has 174 valence electrons. The van der Waals surface area contributed by atoms with E-state index >= 15 is 0 Å². The van der Waals surface area contributed by atoms with Crippen LogP contribution in [-0.4, -0.2) is 92.5 Å². The second kappa shape index (κ2) is 10.0. The number of benzene rings is 1. The van der Waals surface area contributed by atoms with Crippen molar-refractivity contribution in [3.63, 3.8) is 0 Å². The molecular weight excluding hydrogens is 444 g/mol. The number of carbonyl (C=O) groups is 1. The van der Waals surface area contributed by atoms with Gasteiger partial charge in [0.1, 0.15) is 5.75 Å². The molecule has 1 N–H and O–H groups in total. The monoisotopic (exact) mass is 474 g/mol. The first-order valence-electron chi connectivity index (χ1n) is 10.4. The Bertz CT molecular complexity index is 882. The van der Waals surface area contributed by atoms with E-state index in [1.807, 2.05) is 25.7 Å². The molecule has 2 aliphatic heterocycles. The molecule has 0 unspecified atom stereocenters. The number of halogens is 1. The Morgan fingerprint density at radius 1 is 1.16 bits per heavy atom. The molecule has 0 aliphatic carbocycles. The third-order valence-corrected chi connectivity index (χ3v) is 7.86. The van der Waals surface area contributed by atoms with Crippen LogP contribution in [0, 0.1) is 0 Å². The maximum absolute atomic E-state index is 13.1. The van der Waals surface area contributed by atoms with E-state index in [2.05, 4.69) is 5.32 Å². The minimum absolute atomic E-state index is 0.132. The zero-order valence-electron chi connectivity index (χ0n) is 18.4. The quantitative estimate of drug-likeness (QED) is 0.674. The van der Waals surface area contributed by atoms with Gasteiger partial charge in [0.2, 0.25) is 5.91 Å². The summed E-state index contributed by atoms with van der Waals surface area (Å²) in [6.45, 7) is 7.88. The molecule has 2 fully saturated rings. The molecule has 3 rings (SSSR count). The summed E-state index contributed by atoms with van der Waals surface area (Å²) in [5, 5.41) is 3.35. The molecule has 1 aromatic carbocycles. The lowest BCUT2D eigenvalue weighted by Gasteiger charge is -2.41. The molecule has 9 nitrogen and oxygen atoms in total. The fraction of sp³-hybridized carbons (Fsp3) is 0.650. The van der Waals surface area contributed by atoms with E-state index in [1.54, 1.807) is 18.2 Å². The van der Waals surface area contributed by atoms with E-state index in [-0.39, 0.29) is 18.1 Å². The number of morpholine rings is 1. The molecule has 1 amide bonds. The number of carbonyl (C=O) groups excluding carboxylic acids is 1. The summed E-state index contributed by atoms with van der Waals surface area (Å²) in [6.07, 6.45) is -0.265. The van der Waals surface area contributed by atoms with Crippen LogP contribution in [0.25, 0.3) is 0 Å². The highest BCUT2D eigenvalue weighted by Gasteiger charge is 2.37. The predicted molar refractivity (Wildman–Crippen MR) is 120 cm³/mol. The van der Waals surface area contributed by atoms with Crippen LogP contribution in [0.15, 0.2) is 18.2 Å². The standard InChI is InChI=1S/C20H31ClN4O5S/c1-14-12-25(13-15(2)30-14)31(27,28)24-9-7-23(8-10-24)16(3)20(26)22-18-11-17(21)5-6-19(18)29-4/h5-6,11,14-16H,7-10,12-13H2,1-4H3,(H,22,26)/t14-,15+,16-/m0/s1. The van der Waals surface area contributed by atoms with E-state index in [0.717, 1.165) is 0 Å². The van der Waals surface area contributed by atoms with Crippen LogP contribution in [0.3, 0.4) is 0 Å². The first-order valence-corrected chi connectivity index (χ1v) is 12.2. The van der Waals surface area contributed by atoms with Crippen molar-refractivity contribution in [1.82, 2.24) is 13.5 Å². The van der Waals surface area contributed by atoms with Crippen molar-refractivity contribution in [2.75, 3.05) is 51.7 Å². The van der Waals surface area contributed by atoms with E-state index in [4.69, 9.17) is 21.1 Å². The van der Waals surface area contributed by atoms with Gasteiger partial charge in [0.15, 0.2) is 0 Å². The lowest BCUT2D eigenvalue weighted by Crippen LogP contribution is -2.58. The number of piperazine rings is 1. The molecule has 0 spiro atoms. The second-order valence-corrected chi connectivity index (χ2v) is 10.4. The Morgan fingerprint density at radius 3 is 2.35 bits per heavy atom. The number of hydrogen-bond donors (Lipinski definition) is 1. The summed E-state index contributed by atoms with van der Waals surface area (Å²) >= 11 is 6.03. The average Bonchev–Trinajstić information content (AvgIpc) is 2.72. The van der Waals surface area contributed by atoms with Crippen LogP contribution in [-0.2, 0) is 19.7 Å². The van der Waals surface area contributed by atoms with Gasteiger partial charge in [0.25, 0.3) is 10.2 Å². The Balaban J connectivity index is 1.59. The van der Waals surface area contributed by atoms with Gasteiger partial charge in [0.05, 0.1) is 31.0 Å². The zero-order chi connectivity index (χ0) is 22.8. The van der Waals surface area contributed by atoms with E-state index in [0.29, 0.717) is 55.7 Å². The number of hydrogen-bond acceptors (Lipinski definition) is 6. The normalized spacial score (nSPS) is 25.2. The molecule has 3 atom stereocenters. The van der Waals surface area contributed by atoms with Gasteiger partial charge in [-0.1, -0.05) is 11.6 Å². The number of amides is 1. The lowest BCUT2D eigenvalue weighted by atomic mass is 10.2. The van der Waals surface area contributed by atoms with Crippen molar-refractivity contribution in [1.29, 1.82) is 0 Å². The van der Waals surface area contributed by atoms with Gasteiger partial charge >= 0.3 is 0 Å². The van der Waals surface area contributed by atoms with Gasteiger partial charge in [-0.2, -0.15) is 17.0 Å². The summed E-state index contributed by atoms with van der Waals surface area (Å²) in [7, 11) is -2.03. The minimum atomic E-state index is -3.55. The number of nitrogens with one attached hydrogen (secondary N) is 1. The third kappa shape index (κ3) is 5.68. The number of anilines is 1. The molecule has 0 saturated carbocycles. The van der Waals surface area contributed by atoms with E-state index in [1.165, 1.54) is 15.7 Å². The Kier molecular flexibility index (Phi) is 7.82.